The molecule has 1 amide bonds. The second kappa shape index (κ2) is 10.5. The van der Waals surface area contributed by atoms with Gasteiger partial charge in [-0.3, -0.25) is 4.79 Å². The van der Waals surface area contributed by atoms with Gasteiger partial charge in [-0.2, -0.15) is 0 Å². The number of carbonyl (C=O) groups is 1. The highest BCUT2D eigenvalue weighted by Crippen LogP contribution is 2.27. The Morgan fingerprint density at radius 1 is 1.00 bits per heavy atom. The van der Waals surface area contributed by atoms with Crippen LogP contribution in [0.2, 0.25) is 10.0 Å². The lowest BCUT2D eigenvalue weighted by molar-refractivity contribution is 0.102. The minimum Gasteiger partial charge on any atom is -0.321 e. The number of rotatable bonds is 7. The molecule has 10 heteroatoms. The van der Waals surface area contributed by atoms with Crippen LogP contribution in [0.5, 0.6) is 0 Å². The molecular weight excluding hydrogens is 491 g/mol. The van der Waals surface area contributed by atoms with Crippen molar-refractivity contribution >= 4 is 46.6 Å². The average Bonchev–Trinajstić information content (AvgIpc) is 3.21. The van der Waals surface area contributed by atoms with Crippen molar-refractivity contribution in [3.8, 4) is 5.69 Å². The Morgan fingerprint density at radius 3 is 2.26 bits per heavy atom. The van der Waals surface area contributed by atoms with Gasteiger partial charge in [-0.05, 0) is 62.2 Å². The van der Waals surface area contributed by atoms with E-state index < -0.39 is 0 Å². The van der Waals surface area contributed by atoms with Crippen LogP contribution in [0, 0.1) is 13.8 Å². The van der Waals surface area contributed by atoms with Crippen molar-refractivity contribution in [1.29, 1.82) is 0 Å². The topological polar surface area (TPSA) is 85.6 Å². The zero-order chi connectivity index (χ0) is 24.2. The fraction of sp³-hybridized carbons (Fsp3) is 0.208. The number of nitrogens with zero attached hydrogens (tertiary/aromatic N) is 5. The van der Waals surface area contributed by atoms with Crippen LogP contribution in [-0.4, -0.2) is 30.9 Å². The molecule has 0 atom stereocenters. The summed E-state index contributed by atoms with van der Waals surface area (Å²) in [7, 11) is 0. The highest BCUT2D eigenvalue weighted by atomic mass is 35.5. The second-order valence-corrected chi connectivity index (χ2v) is 9.47. The molecular formula is C24H22Cl2N6OS. The van der Waals surface area contributed by atoms with Gasteiger partial charge in [0.25, 0.3) is 5.91 Å². The normalized spacial score (nSPS) is 11.0. The summed E-state index contributed by atoms with van der Waals surface area (Å²) in [5, 5.41) is 12.9. The molecule has 174 valence electrons. The fourth-order valence-corrected chi connectivity index (χ4v) is 4.84. The Balaban J connectivity index is 1.68. The number of carbonyl (C=O) groups excluding carboxylic acids is 1. The molecule has 0 bridgehead atoms. The SMILES string of the molecule is CCc1ccc(NC(=O)c2nnn(-c3cc(Cl)cc(Cl)c3)c2CSc2nc(C)cc(C)n2)cc1. The second-order valence-electron chi connectivity index (χ2n) is 7.65. The number of hydrogen-bond donors (Lipinski definition) is 1. The van der Waals surface area contributed by atoms with Crippen molar-refractivity contribution in [2.24, 2.45) is 0 Å². The van der Waals surface area contributed by atoms with Crippen molar-refractivity contribution in [3.05, 3.63) is 86.9 Å². The van der Waals surface area contributed by atoms with Crippen LogP contribution in [0.4, 0.5) is 5.69 Å². The monoisotopic (exact) mass is 512 g/mol. The van der Waals surface area contributed by atoms with Gasteiger partial charge in [0.15, 0.2) is 10.9 Å². The molecule has 0 radical (unpaired) electrons. The lowest BCUT2D eigenvalue weighted by Crippen LogP contribution is -2.15. The maximum Gasteiger partial charge on any atom is 0.278 e. The Kier molecular flexibility index (Phi) is 7.50. The largest absolute Gasteiger partial charge is 0.321 e. The number of anilines is 1. The van der Waals surface area contributed by atoms with Crippen LogP contribution in [0.3, 0.4) is 0 Å². The predicted octanol–water partition coefficient (Wildman–Crippen LogP) is 6.09. The third kappa shape index (κ3) is 5.75. The van der Waals surface area contributed by atoms with E-state index in [9.17, 15) is 4.79 Å². The highest BCUT2D eigenvalue weighted by Gasteiger charge is 2.22. The summed E-state index contributed by atoms with van der Waals surface area (Å²) in [4.78, 5) is 22.1. The van der Waals surface area contributed by atoms with Gasteiger partial charge < -0.3 is 5.32 Å². The number of benzene rings is 2. The molecule has 34 heavy (non-hydrogen) atoms. The molecule has 7 nitrogen and oxygen atoms in total. The van der Waals surface area contributed by atoms with Gasteiger partial charge in [-0.1, -0.05) is 59.2 Å². The van der Waals surface area contributed by atoms with Crippen LogP contribution in [-0.2, 0) is 12.2 Å². The maximum absolute atomic E-state index is 13.2. The van der Waals surface area contributed by atoms with Crippen molar-refractivity contribution in [2.75, 3.05) is 5.32 Å². The standard InChI is InChI=1S/C24H22Cl2N6OS/c1-4-16-5-7-19(8-6-16)29-23(33)22-21(13-34-24-27-14(2)9-15(3)28-24)32(31-30-22)20-11-17(25)10-18(26)12-20/h5-12H,4,13H2,1-3H3,(H,29,33). The summed E-state index contributed by atoms with van der Waals surface area (Å²) in [6.45, 7) is 5.92. The van der Waals surface area contributed by atoms with Crippen molar-refractivity contribution in [1.82, 2.24) is 25.0 Å². The lowest BCUT2D eigenvalue weighted by Gasteiger charge is -2.10. The van der Waals surface area contributed by atoms with E-state index in [0.717, 1.165) is 17.8 Å². The van der Waals surface area contributed by atoms with Crippen LogP contribution in [0.1, 0.15) is 40.1 Å². The number of nitrogens with one attached hydrogen (secondary N) is 1. The van der Waals surface area contributed by atoms with Crippen LogP contribution < -0.4 is 5.32 Å². The number of aromatic nitrogens is 5. The molecule has 4 aromatic rings. The van der Waals surface area contributed by atoms with Gasteiger partial charge in [0.2, 0.25) is 0 Å². The molecule has 2 aromatic heterocycles. The van der Waals surface area contributed by atoms with E-state index in [4.69, 9.17) is 23.2 Å². The first kappa shape index (κ1) is 24.2. The Morgan fingerprint density at radius 2 is 1.65 bits per heavy atom. The maximum atomic E-state index is 13.2. The van der Waals surface area contributed by atoms with Gasteiger partial charge in [0.05, 0.1) is 11.4 Å². The smallest absolute Gasteiger partial charge is 0.278 e. The third-order valence-electron chi connectivity index (χ3n) is 4.99. The summed E-state index contributed by atoms with van der Waals surface area (Å²) < 4.78 is 1.57. The minimum absolute atomic E-state index is 0.201. The molecule has 4 rings (SSSR count). The highest BCUT2D eigenvalue weighted by molar-refractivity contribution is 7.98. The molecule has 0 aliphatic rings. The summed E-state index contributed by atoms with van der Waals surface area (Å²) in [5.41, 5.74) is 4.99. The fourth-order valence-electron chi connectivity index (χ4n) is 3.38. The van der Waals surface area contributed by atoms with Crippen LogP contribution >= 0.6 is 35.0 Å². The number of thioether (sulfide) groups is 1. The Bertz CT molecular complexity index is 1300. The van der Waals surface area contributed by atoms with Gasteiger partial charge in [-0.15, -0.1) is 5.10 Å². The number of aryl methyl sites for hydroxylation is 3. The number of hydrogen-bond acceptors (Lipinski definition) is 6. The molecule has 0 spiro atoms. The first-order valence-electron chi connectivity index (χ1n) is 10.6. The summed E-state index contributed by atoms with van der Waals surface area (Å²) in [5.74, 6) is -0.00191. The molecule has 0 unspecified atom stereocenters. The van der Waals surface area contributed by atoms with E-state index in [1.54, 1.807) is 22.9 Å². The van der Waals surface area contributed by atoms with Crippen molar-refractivity contribution < 1.29 is 4.79 Å². The molecule has 2 aromatic carbocycles. The zero-order valence-electron chi connectivity index (χ0n) is 18.8. The average molecular weight is 513 g/mol. The van der Waals surface area contributed by atoms with Crippen molar-refractivity contribution in [2.45, 2.75) is 38.1 Å². The molecule has 2 heterocycles. The van der Waals surface area contributed by atoms with E-state index in [0.29, 0.717) is 38.0 Å². The lowest BCUT2D eigenvalue weighted by atomic mass is 10.1. The van der Waals surface area contributed by atoms with Gasteiger partial charge in [0, 0.05) is 32.9 Å². The molecule has 0 fully saturated rings. The van der Waals surface area contributed by atoms with E-state index in [2.05, 4.69) is 32.5 Å². The predicted molar refractivity (Wildman–Crippen MR) is 136 cm³/mol. The molecule has 1 N–H and O–H groups in total. The number of amides is 1. The summed E-state index contributed by atoms with van der Waals surface area (Å²) in [6, 6.07) is 14.7. The Hall–Kier alpha value is -2.94. The van der Waals surface area contributed by atoms with E-state index in [-0.39, 0.29) is 11.6 Å². The summed E-state index contributed by atoms with van der Waals surface area (Å²) in [6.07, 6.45) is 0.923. The van der Waals surface area contributed by atoms with Gasteiger partial charge in [0.1, 0.15) is 0 Å². The quantitative estimate of drug-likeness (QED) is 0.238. The molecule has 0 saturated carbocycles. The third-order valence-corrected chi connectivity index (χ3v) is 6.28. The van der Waals surface area contributed by atoms with Gasteiger partial charge >= 0.3 is 0 Å². The van der Waals surface area contributed by atoms with Crippen LogP contribution in [0.15, 0.2) is 53.7 Å². The Labute approximate surface area is 211 Å². The first-order chi connectivity index (χ1) is 16.3. The first-order valence-corrected chi connectivity index (χ1v) is 12.3. The zero-order valence-corrected chi connectivity index (χ0v) is 21.2. The van der Waals surface area contributed by atoms with Crippen molar-refractivity contribution in [3.63, 3.8) is 0 Å². The molecule has 0 aliphatic heterocycles. The van der Waals surface area contributed by atoms with E-state index in [1.807, 2.05) is 44.2 Å². The molecule has 0 aliphatic carbocycles. The van der Waals surface area contributed by atoms with Crippen LogP contribution in [0.25, 0.3) is 5.69 Å². The van der Waals surface area contributed by atoms with E-state index in [1.165, 1.54) is 17.3 Å². The minimum atomic E-state index is -0.361. The van der Waals surface area contributed by atoms with E-state index >= 15 is 0 Å². The van der Waals surface area contributed by atoms with Gasteiger partial charge in [-0.25, -0.2) is 14.6 Å². The summed E-state index contributed by atoms with van der Waals surface area (Å²) >= 11 is 13.8. The molecule has 0 saturated heterocycles. The number of halogens is 2.